The smallest absolute Gasteiger partial charge is 0.294 e. The molecule has 0 saturated heterocycles. The van der Waals surface area contributed by atoms with Crippen molar-refractivity contribution in [1.29, 1.82) is 0 Å². The van der Waals surface area contributed by atoms with E-state index < -0.39 is 0 Å². The molecule has 0 aromatic heterocycles. The fraction of sp³-hybridized carbons (Fsp3) is 0.368. The molecule has 2 aromatic rings. The van der Waals surface area contributed by atoms with Crippen LogP contribution in [0.4, 0.5) is 17.1 Å². The number of unbranched alkanes of at least 4 members (excludes halogenated alkanes) is 1. The van der Waals surface area contributed by atoms with E-state index in [2.05, 4.69) is 23.9 Å². The number of nitro groups is 1. The zero-order chi connectivity index (χ0) is 18.1. The molecule has 2 N–H and O–H groups in total. The number of rotatable bonds is 10. The van der Waals surface area contributed by atoms with E-state index in [1.165, 1.54) is 24.8 Å². The molecule has 5 nitrogen and oxygen atoms in total. The Morgan fingerprint density at radius 2 is 1.96 bits per heavy atom. The number of nitro benzene ring substituents is 1. The summed E-state index contributed by atoms with van der Waals surface area (Å²) in [7, 11) is 0. The average molecular weight is 359 g/mol. The molecule has 0 aliphatic rings. The van der Waals surface area contributed by atoms with Gasteiger partial charge in [0.15, 0.2) is 0 Å². The summed E-state index contributed by atoms with van der Waals surface area (Å²) in [4.78, 5) is 12.1. The van der Waals surface area contributed by atoms with E-state index in [-0.39, 0.29) is 10.6 Å². The fourth-order valence-corrected chi connectivity index (χ4v) is 3.10. The van der Waals surface area contributed by atoms with Crippen LogP contribution in [0.15, 0.2) is 53.4 Å². The first kappa shape index (κ1) is 19.1. The molecule has 0 fully saturated rings. The van der Waals surface area contributed by atoms with E-state index in [0.717, 1.165) is 17.9 Å². The first-order valence-corrected chi connectivity index (χ1v) is 9.42. The van der Waals surface area contributed by atoms with E-state index in [1.807, 2.05) is 36.4 Å². The molecule has 0 heterocycles. The third-order valence-electron chi connectivity index (χ3n) is 3.92. The Hall–Kier alpha value is -2.21. The summed E-state index contributed by atoms with van der Waals surface area (Å²) < 4.78 is 3.16. The first-order chi connectivity index (χ1) is 12.1. The molecule has 0 saturated carbocycles. The molecular formula is C19H25N3O2S. The van der Waals surface area contributed by atoms with Gasteiger partial charge in [0.05, 0.1) is 10.6 Å². The lowest BCUT2D eigenvalue weighted by atomic mass is 10.0. The van der Waals surface area contributed by atoms with Crippen molar-refractivity contribution in [3.05, 3.63) is 58.6 Å². The van der Waals surface area contributed by atoms with Gasteiger partial charge in [-0.25, -0.2) is 0 Å². The van der Waals surface area contributed by atoms with Gasteiger partial charge < -0.3 is 10.0 Å². The quantitative estimate of drug-likeness (QED) is 0.311. The van der Waals surface area contributed by atoms with Crippen molar-refractivity contribution in [2.75, 3.05) is 16.6 Å². The second kappa shape index (κ2) is 9.93. The third kappa shape index (κ3) is 6.31. The highest BCUT2D eigenvalue weighted by molar-refractivity contribution is 8.00. The molecule has 0 aliphatic carbocycles. The minimum atomic E-state index is -0.336. The Labute approximate surface area is 153 Å². The fourth-order valence-electron chi connectivity index (χ4n) is 2.44. The summed E-state index contributed by atoms with van der Waals surface area (Å²) in [6.45, 7) is 5.08. The molecule has 2 aromatic carbocycles. The molecule has 6 heteroatoms. The standard InChI is InChI=1S/C19H25N3O2S/c1-3-4-8-15(2)14-20-18-12-11-16(13-19(18)22(23)24)21-25-17-9-6-5-7-10-17/h5-7,9-13,15,20-21H,3-4,8,14H2,1-2H3. The van der Waals surface area contributed by atoms with Gasteiger partial charge in [0.2, 0.25) is 0 Å². The Morgan fingerprint density at radius 1 is 1.20 bits per heavy atom. The van der Waals surface area contributed by atoms with Crippen LogP contribution in [0.2, 0.25) is 0 Å². The Bertz CT molecular complexity index is 680. The lowest BCUT2D eigenvalue weighted by molar-refractivity contribution is -0.383. The summed E-state index contributed by atoms with van der Waals surface area (Å²) in [5.74, 6) is 0.492. The minimum absolute atomic E-state index is 0.0985. The molecule has 0 aliphatic heterocycles. The molecule has 1 atom stereocenters. The van der Waals surface area contributed by atoms with Crippen LogP contribution in [0.5, 0.6) is 0 Å². The third-order valence-corrected chi connectivity index (χ3v) is 4.76. The molecule has 2 rings (SSSR count). The topological polar surface area (TPSA) is 67.2 Å². The lowest BCUT2D eigenvalue weighted by Gasteiger charge is -2.14. The normalized spacial score (nSPS) is 11.8. The van der Waals surface area contributed by atoms with Gasteiger partial charge in [0.25, 0.3) is 5.69 Å². The molecule has 0 bridgehead atoms. The molecule has 0 radical (unpaired) electrons. The monoisotopic (exact) mass is 359 g/mol. The first-order valence-electron chi connectivity index (χ1n) is 8.60. The van der Waals surface area contributed by atoms with E-state index in [0.29, 0.717) is 17.3 Å². The van der Waals surface area contributed by atoms with Gasteiger partial charge >= 0.3 is 0 Å². The maximum atomic E-state index is 11.4. The van der Waals surface area contributed by atoms with Gasteiger partial charge in [0.1, 0.15) is 5.69 Å². The summed E-state index contributed by atoms with van der Waals surface area (Å²) in [6, 6.07) is 15.1. The minimum Gasteiger partial charge on any atom is -0.379 e. The average Bonchev–Trinajstić information content (AvgIpc) is 2.64. The number of hydrogen-bond donors (Lipinski definition) is 2. The van der Waals surface area contributed by atoms with Crippen LogP contribution in [0.3, 0.4) is 0 Å². The Morgan fingerprint density at radius 3 is 2.64 bits per heavy atom. The highest BCUT2D eigenvalue weighted by atomic mass is 32.2. The molecule has 0 amide bonds. The van der Waals surface area contributed by atoms with E-state index in [9.17, 15) is 10.1 Å². The van der Waals surface area contributed by atoms with E-state index >= 15 is 0 Å². The van der Waals surface area contributed by atoms with Crippen LogP contribution in [0.25, 0.3) is 0 Å². The van der Waals surface area contributed by atoms with Crippen LogP contribution < -0.4 is 10.0 Å². The zero-order valence-corrected chi connectivity index (χ0v) is 15.5. The Balaban J connectivity index is 2.00. The molecule has 134 valence electrons. The largest absolute Gasteiger partial charge is 0.379 e. The van der Waals surface area contributed by atoms with E-state index in [4.69, 9.17) is 0 Å². The van der Waals surface area contributed by atoms with Gasteiger partial charge in [-0.1, -0.05) is 44.9 Å². The summed E-state index contributed by atoms with van der Waals surface area (Å²) in [5, 5.41) is 14.6. The number of nitrogens with zero attached hydrogens (tertiary/aromatic N) is 1. The summed E-state index contributed by atoms with van der Waals surface area (Å²) >= 11 is 1.43. The van der Waals surface area contributed by atoms with Gasteiger partial charge in [-0.3, -0.25) is 10.1 Å². The van der Waals surface area contributed by atoms with Crippen LogP contribution in [0, 0.1) is 16.0 Å². The molecule has 25 heavy (non-hydrogen) atoms. The zero-order valence-electron chi connectivity index (χ0n) is 14.7. The highest BCUT2D eigenvalue weighted by Gasteiger charge is 2.15. The summed E-state index contributed by atoms with van der Waals surface area (Å²) in [6.07, 6.45) is 3.49. The van der Waals surface area contributed by atoms with E-state index in [1.54, 1.807) is 12.1 Å². The van der Waals surface area contributed by atoms with Gasteiger partial charge in [-0.2, -0.15) is 0 Å². The summed E-state index contributed by atoms with van der Waals surface area (Å²) in [5.41, 5.74) is 1.38. The van der Waals surface area contributed by atoms with Crippen molar-refractivity contribution >= 4 is 29.0 Å². The lowest BCUT2D eigenvalue weighted by Crippen LogP contribution is -2.12. The second-order valence-electron chi connectivity index (χ2n) is 6.13. The highest BCUT2D eigenvalue weighted by Crippen LogP contribution is 2.30. The number of anilines is 2. The van der Waals surface area contributed by atoms with Gasteiger partial charge in [0, 0.05) is 17.5 Å². The predicted molar refractivity (Wildman–Crippen MR) is 106 cm³/mol. The van der Waals surface area contributed by atoms with Crippen LogP contribution in [-0.4, -0.2) is 11.5 Å². The predicted octanol–water partition coefficient (Wildman–Crippen LogP) is 5.95. The number of hydrogen-bond acceptors (Lipinski definition) is 5. The van der Waals surface area contributed by atoms with Gasteiger partial charge in [-0.15, -0.1) is 0 Å². The number of nitrogens with one attached hydrogen (secondary N) is 2. The SMILES string of the molecule is CCCCC(C)CNc1ccc(NSc2ccccc2)cc1[N+](=O)[O-]. The van der Waals surface area contributed by atoms with Crippen LogP contribution in [0.1, 0.15) is 33.1 Å². The molecule has 1 unspecified atom stereocenters. The maximum absolute atomic E-state index is 11.4. The van der Waals surface area contributed by atoms with Crippen molar-refractivity contribution in [3.63, 3.8) is 0 Å². The Kier molecular flexibility index (Phi) is 7.60. The van der Waals surface area contributed by atoms with Crippen molar-refractivity contribution in [2.24, 2.45) is 5.92 Å². The van der Waals surface area contributed by atoms with Crippen molar-refractivity contribution in [2.45, 2.75) is 38.0 Å². The second-order valence-corrected chi connectivity index (χ2v) is 7.01. The van der Waals surface area contributed by atoms with Crippen molar-refractivity contribution in [3.8, 4) is 0 Å². The van der Waals surface area contributed by atoms with Gasteiger partial charge in [-0.05, 0) is 48.6 Å². The van der Waals surface area contributed by atoms with Crippen molar-refractivity contribution < 1.29 is 4.92 Å². The maximum Gasteiger partial charge on any atom is 0.294 e. The molecule has 0 spiro atoms. The van der Waals surface area contributed by atoms with Crippen molar-refractivity contribution in [1.82, 2.24) is 0 Å². The van der Waals surface area contributed by atoms with Crippen LogP contribution in [-0.2, 0) is 0 Å². The molecular weight excluding hydrogens is 334 g/mol. The number of benzene rings is 2. The van der Waals surface area contributed by atoms with Crippen LogP contribution >= 0.6 is 11.9 Å².